The van der Waals surface area contributed by atoms with E-state index in [9.17, 15) is 0 Å². The van der Waals surface area contributed by atoms with E-state index in [-0.39, 0.29) is 5.60 Å². The molecule has 0 bridgehead atoms. The summed E-state index contributed by atoms with van der Waals surface area (Å²) in [7, 11) is 1.63. The summed E-state index contributed by atoms with van der Waals surface area (Å²) >= 11 is 0. The first-order valence-electron chi connectivity index (χ1n) is 4.63. The molecule has 0 radical (unpaired) electrons. The van der Waals surface area contributed by atoms with Crippen LogP contribution in [0.5, 0.6) is 5.75 Å². The van der Waals surface area contributed by atoms with Gasteiger partial charge in [-0.25, -0.2) is 0 Å². The topological polar surface area (TPSA) is 31.4 Å². The Balaban J connectivity index is 2.59. The van der Waals surface area contributed by atoms with Crippen molar-refractivity contribution in [3.05, 3.63) is 24.0 Å². The summed E-state index contributed by atoms with van der Waals surface area (Å²) in [4.78, 5) is 4.05. The second-order valence-electron chi connectivity index (χ2n) is 4.13. The lowest BCUT2D eigenvalue weighted by Gasteiger charge is -2.19. The smallest absolute Gasteiger partial charge is 0.137 e. The predicted molar refractivity (Wildman–Crippen MR) is 55.3 cm³/mol. The number of nitrogens with zero attached hydrogens (tertiary/aromatic N) is 1. The molecule has 0 N–H and O–H groups in total. The van der Waals surface area contributed by atoms with Crippen LogP contribution in [0.25, 0.3) is 0 Å². The highest BCUT2D eigenvalue weighted by molar-refractivity contribution is 5.22. The molecule has 3 heteroatoms. The number of pyridine rings is 1. The van der Waals surface area contributed by atoms with Crippen LogP contribution in [0.1, 0.15) is 26.3 Å². The van der Waals surface area contributed by atoms with Gasteiger partial charge in [0.15, 0.2) is 0 Å². The standard InChI is InChI=1S/C11H17NO2/c1-11(2,3)14-8-9-5-10(13-4)7-12-6-9/h5-7H,8H2,1-4H3. The van der Waals surface area contributed by atoms with Crippen molar-refractivity contribution < 1.29 is 9.47 Å². The van der Waals surface area contributed by atoms with Gasteiger partial charge < -0.3 is 9.47 Å². The molecular formula is C11H17NO2. The van der Waals surface area contributed by atoms with Gasteiger partial charge in [0.05, 0.1) is 25.5 Å². The lowest BCUT2D eigenvalue weighted by molar-refractivity contribution is -0.0151. The van der Waals surface area contributed by atoms with Gasteiger partial charge in [0.25, 0.3) is 0 Å². The molecule has 1 aromatic rings. The van der Waals surface area contributed by atoms with Gasteiger partial charge in [-0.1, -0.05) is 0 Å². The highest BCUT2D eigenvalue weighted by Crippen LogP contribution is 2.14. The normalized spacial score (nSPS) is 11.4. The maximum atomic E-state index is 5.62. The molecule has 0 aromatic carbocycles. The van der Waals surface area contributed by atoms with Crippen molar-refractivity contribution in [2.45, 2.75) is 33.0 Å². The van der Waals surface area contributed by atoms with Gasteiger partial charge in [0, 0.05) is 6.20 Å². The Kier molecular flexibility index (Phi) is 3.47. The van der Waals surface area contributed by atoms with E-state index in [1.165, 1.54) is 0 Å². The number of methoxy groups -OCH3 is 1. The minimum Gasteiger partial charge on any atom is -0.495 e. The van der Waals surface area contributed by atoms with Crippen LogP contribution < -0.4 is 4.74 Å². The zero-order valence-corrected chi connectivity index (χ0v) is 9.20. The van der Waals surface area contributed by atoms with Gasteiger partial charge in [-0.05, 0) is 32.4 Å². The third-order valence-corrected chi connectivity index (χ3v) is 1.68. The van der Waals surface area contributed by atoms with Gasteiger partial charge in [-0.3, -0.25) is 4.98 Å². The van der Waals surface area contributed by atoms with Crippen LogP contribution >= 0.6 is 0 Å². The molecule has 0 aliphatic heterocycles. The second kappa shape index (κ2) is 4.42. The summed E-state index contributed by atoms with van der Waals surface area (Å²) in [5.74, 6) is 0.764. The lowest BCUT2D eigenvalue weighted by Crippen LogP contribution is -2.18. The molecule has 3 nitrogen and oxygen atoms in total. The predicted octanol–water partition coefficient (Wildman–Crippen LogP) is 2.41. The first-order chi connectivity index (χ1) is 6.51. The Bertz CT molecular complexity index is 292. The van der Waals surface area contributed by atoms with E-state index in [1.54, 1.807) is 19.5 Å². The third kappa shape index (κ3) is 3.75. The maximum Gasteiger partial charge on any atom is 0.137 e. The summed E-state index contributed by atoms with van der Waals surface area (Å²) in [6.07, 6.45) is 3.47. The Morgan fingerprint density at radius 3 is 2.57 bits per heavy atom. The molecule has 0 saturated carbocycles. The fraction of sp³-hybridized carbons (Fsp3) is 0.545. The highest BCUT2D eigenvalue weighted by atomic mass is 16.5. The highest BCUT2D eigenvalue weighted by Gasteiger charge is 2.10. The number of ether oxygens (including phenoxy) is 2. The SMILES string of the molecule is COc1cncc(COC(C)(C)C)c1. The van der Waals surface area contributed by atoms with Gasteiger partial charge in [-0.15, -0.1) is 0 Å². The number of rotatable bonds is 3. The lowest BCUT2D eigenvalue weighted by atomic mass is 10.2. The van der Waals surface area contributed by atoms with Crippen LogP contribution in [-0.4, -0.2) is 17.7 Å². The minimum atomic E-state index is -0.122. The first-order valence-corrected chi connectivity index (χ1v) is 4.63. The molecule has 1 rings (SSSR count). The largest absolute Gasteiger partial charge is 0.495 e. The molecule has 0 fully saturated rings. The van der Waals surface area contributed by atoms with E-state index in [0.717, 1.165) is 11.3 Å². The molecule has 78 valence electrons. The van der Waals surface area contributed by atoms with Crippen LogP contribution in [0.3, 0.4) is 0 Å². The van der Waals surface area contributed by atoms with Crippen LogP contribution in [-0.2, 0) is 11.3 Å². The van der Waals surface area contributed by atoms with Crippen molar-refractivity contribution in [1.29, 1.82) is 0 Å². The van der Waals surface area contributed by atoms with E-state index in [2.05, 4.69) is 4.98 Å². The van der Waals surface area contributed by atoms with Crippen molar-refractivity contribution >= 4 is 0 Å². The van der Waals surface area contributed by atoms with E-state index >= 15 is 0 Å². The summed E-state index contributed by atoms with van der Waals surface area (Å²) in [5.41, 5.74) is 0.905. The monoisotopic (exact) mass is 195 g/mol. The zero-order chi connectivity index (χ0) is 10.6. The summed E-state index contributed by atoms with van der Waals surface area (Å²) in [6, 6.07) is 1.93. The quantitative estimate of drug-likeness (QED) is 0.742. The van der Waals surface area contributed by atoms with Crippen molar-refractivity contribution in [2.75, 3.05) is 7.11 Å². The average Bonchev–Trinajstić information content (AvgIpc) is 2.14. The number of hydrogen-bond acceptors (Lipinski definition) is 3. The van der Waals surface area contributed by atoms with Crippen LogP contribution in [0.2, 0.25) is 0 Å². The number of aromatic nitrogens is 1. The third-order valence-electron chi connectivity index (χ3n) is 1.68. The molecule has 14 heavy (non-hydrogen) atoms. The van der Waals surface area contributed by atoms with Crippen molar-refractivity contribution in [3.63, 3.8) is 0 Å². The summed E-state index contributed by atoms with van der Waals surface area (Å²) in [6.45, 7) is 6.65. The second-order valence-corrected chi connectivity index (χ2v) is 4.13. The molecule has 0 amide bonds. The van der Waals surface area contributed by atoms with E-state index in [1.807, 2.05) is 26.8 Å². The van der Waals surface area contributed by atoms with Crippen molar-refractivity contribution in [1.82, 2.24) is 4.98 Å². The molecule has 0 atom stereocenters. The van der Waals surface area contributed by atoms with E-state index in [4.69, 9.17) is 9.47 Å². The van der Waals surface area contributed by atoms with Gasteiger partial charge in [0.2, 0.25) is 0 Å². The average molecular weight is 195 g/mol. The molecule has 1 heterocycles. The van der Waals surface area contributed by atoms with Gasteiger partial charge in [-0.2, -0.15) is 0 Å². The van der Waals surface area contributed by atoms with E-state index in [0.29, 0.717) is 6.61 Å². The molecular weight excluding hydrogens is 178 g/mol. The molecule has 0 saturated heterocycles. The molecule has 0 aliphatic rings. The van der Waals surface area contributed by atoms with Crippen LogP contribution in [0, 0.1) is 0 Å². The summed E-state index contributed by atoms with van der Waals surface area (Å²) in [5, 5.41) is 0. The minimum absolute atomic E-state index is 0.122. The van der Waals surface area contributed by atoms with Crippen molar-refractivity contribution in [3.8, 4) is 5.75 Å². The number of hydrogen-bond donors (Lipinski definition) is 0. The van der Waals surface area contributed by atoms with Gasteiger partial charge >= 0.3 is 0 Å². The van der Waals surface area contributed by atoms with E-state index < -0.39 is 0 Å². The molecule has 1 aromatic heterocycles. The Morgan fingerprint density at radius 1 is 1.29 bits per heavy atom. The molecule has 0 spiro atoms. The Hall–Kier alpha value is -1.09. The van der Waals surface area contributed by atoms with Crippen LogP contribution in [0.15, 0.2) is 18.5 Å². The van der Waals surface area contributed by atoms with Crippen molar-refractivity contribution in [2.24, 2.45) is 0 Å². The van der Waals surface area contributed by atoms with Crippen LogP contribution in [0.4, 0.5) is 0 Å². The maximum absolute atomic E-state index is 5.62. The molecule has 0 unspecified atom stereocenters. The molecule has 0 aliphatic carbocycles. The first kappa shape index (κ1) is 11.0. The summed E-state index contributed by atoms with van der Waals surface area (Å²) < 4.78 is 10.7. The fourth-order valence-electron chi connectivity index (χ4n) is 0.954. The Morgan fingerprint density at radius 2 is 2.00 bits per heavy atom. The van der Waals surface area contributed by atoms with Gasteiger partial charge in [0.1, 0.15) is 5.75 Å². The zero-order valence-electron chi connectivity index (χ0n) is 9.20. The fourth-order valence-corrected chi connectivity index (χ4v) is 0.954. The Labute approximate surface area is 85.1 Å².